The van der Waals surface area contributed by atoms with E-state index in [0.29, 0.717) is 17.0 Å². The predicted molar refractivity (Wildman–Crippen MR) is 162 cm³/mol. The van der Waals surface area contributed by atoms with Gasteiger partial charge in [0.2, 0.25) is 9.84 Å². The summed E-state index contributed by atoms with van der Waals surface area (Å²) in [5.41, 5.74) is 1.65. The number of carbonyl (C=O) groups is 2. The number of aliphatic carboxylic acids is 1. The third-order valence-corrected chi connectivity index (χ3v) is 8.47. The average Bonchev–Trinajstić information content (AvgIpc) is 2.89. The van der Waals surface area contributed by atoms with Crippen LogP contribution in [0.15, 0.2) is 82.6 Å². The second-order valence-electron chi connectivity index (χ2n) is 11.1. The summed E-state index contributed by atoms with van der Waals surface area (Å²) >= 11 is 6.09. The first-order valence-corrected chi connectivity index (χ1v) is 15.2. The molecule has 3 aromatic rings. The van der Waals surface area contributed by atoms with E-state index in [1.54, 1.807) is 76.2 Å². The molecule has 0 unspecified atom stereocenters. The molecular weight excluding hydrogens is 578 g/mol. The molecule has 0 saturated carbocycles. The molecule has 3 aromatic carbocycles. The lowest BCUT2D eigenvalue weighted by atomic mass is 10.0. The van der Waals surface area contributed by atoms with Gasteiger partial charge in [0.15, 0.2) is 0 Å². The van der Waals surface area contributed by atoms with E-state index >= 15 is 0 Å². The molecule has 0 spiro atoms. The third kappa shape index (κ3) is 8.92. The predicted octanol–water partition coefficient (Wildman–Crippen LogP) is 6.48. The fraction of sp³-hybridized carbons (Fsp3) is 0.312. The zero-order valence-corrected chi connectivity index (χ0v) is 25.8. The largest absolute Gasteiger partial charge is 0.478 e. The molecule has 224 valence electrons. The van der Waals surface area contributed by atoms with E-state index in [1.807, 2.05) is 6.92 Å². The Bertz CT molecular complexity index is 1560. The van der Waals surface area contributed by atoms with Crippen molar-refractivity contribution in [2.75, 3.05) is 6.54 Å². The van der Waals surface area contributed by atoms with Crippen LogP contribution >= 0.6 is 11.6 Å². The number of carboxylic acids is 1. The SMILES string of the molecule is Cc1ccc(S(=O)(=O)c2ccc(C[C@@H](C)N(C[C@@H](O)c3cccc(Cl)c3)C(=O)OC(C)(C)C)cc2)c(/C=C\C(=O)O)c1. The van der Waals surface area contributed by atoms with Crippen LogP contribution < -0.4 is 0 Å². The maximum absolute atomic E-state index is 13.5. The van der Waals surface area contributed by atoms with E-state index in [4.69, 9.17) is 21.4 Å². The molecule has 0 radical (unpaired) electrons. The van der Waals surface area contributed by atoms with Gasteiger partial charge in [0, 0.05) is 17.1 Å². The fourth-order valence-corrected chi connectivity index (χ4v) is 5.98. The van der Waals surface area contributed by atoms with Gasteiger partial charge in [0.1, 0.15) is 5.60 Å². The first-order chi connectivity index (χ1) is 19.6. The van der Waals surface area contributed by atoms with Crippen molar-refractivity contribution in [1.82, 2.24) is 4.90 Å². The van der Waals surface area contributed by atoms with Crippen LogP contribution in [0.3, 0.4) is 0 Å². The lowest BCUT2D eigenvalue weighted by molar-refractivity contribution is -0.131. The van der Waals surface area contributed by atoms with Crippen molar-refractivity contribution in [3.05, 3.63) is 100 Å². The number of amides is 1. The fourth-order valence-electron chi connectivity index (χ4n) is 4.35. The Balaban J connectivity index is 1.85. The van der Waals surface area contributed by atoms with Crippen LogP contribution in [-0.4, -0.2) is 53.8 Å². The first-order valence-electron chi connectivity index (χ1n) is 13.4. The molecule has 0 aromatic heterocycles. The van der Waals surface area contributed by atoms with Gasteiger partial charge in [0.25, 0.3) is 0 Å². The molecule has 0 aliphatic rings. The summed E-state index contributed by atoms with van der Waals surface area (Å²) in [6.45, 7) is 8.86. The number of sulfone groups is 1. The second kappa shape index (κ2) is 13.5. The van der Waals surface area contributed by atoms with Gasteiger partial charge >= 0.3 is 12.1 Å². The summed E-state index contributed by atoms with van der Waals surface area (Å²) in [7, 11) is -3.95. The molecule has 8 nitrogen and oxygen atoms in total. The van der Waals surface area contributed by atoms with Crippen LogP contribution in [0, 0.1) is 6.92 Å². The van der Waals surface area contributed by atoms with Gasteiger partial charge in [-0.25, -0.2) is 18.0 Å². The number of halogens is 1. The summed E-state index contributed by atoms with van der Waals surface area (Å²) in [6, 6.07) is 17.4. The number of aliphatic hydroxyl groups excluding tert-OH is 1. The lowest BCUT2D eigenvalue weighted by Crippen LogP contribution is -2.45. The number of nitrogens with zero attached hydrogens (tertiary/aromatic N) is 1. The van der Waals surface area contributed by atoms with E-state index in [0.717, 1.165) is 17.2 Å². The zero-order chi connectivity index (χ0) is 31.2. The average molecular weight is 614 g/mol. The second-order valence-corrected chi connectivity index (χ2v) is 13.5. The monoisotopic (exact) mass is 613 g/mol. The van der Waals surface area contributed by atoms with Crippen LogP contribution in [-0.2, 0) is 25.8 Å². The number of carboxylic acid groups (broad SMARTS) is 1. The Kier molecular flexibility index (Phi) is 10.6. The minimum Gasteiger partial charge on any atom is -0.478 e. The smallest absolute Gasteiger partial charge is 0.410 e. The first kappa shape index (κ1) is 32.8. The molecule has 0 fully saturated rings. The number of ether oxygens (including phenoxy) is 1. The van der Waals surface area contributed by atoms with E-state index < -0.39 is 39.6 Å². The van der Waals surface area contributed by atoms with Crippen LogP contribution in [0.2, 0.25) is 5.02 Å². The summed E-state index contributed by atoms with van der Waals surface area (Å²) in [6.07, 6.45) is 0.930. The molecular formula is C32H36ClNO7S. The number of aryl methyl sites for hydroxylation is 1. The van der Waals surface area contributed by atoms with Crippen molar-refractivity contribution >= 4 is 39.6 Å². The van der Waals surface area contributed by atoms with Crippen molar-refractivity contribution in [3.63, 3.8) is 0 Å². The molecule has 42 heavy (non-hydrogen) atoms. The van der Waals surface area contributed by atoms with Crippen LogP contribution in [0.1, 0.15) is 56.1 Å². The standard InChI is InChI=1S/C32H36ClNO7S/c1-21-9-15-29(25(17-21)12-16-30(36)37)42(39,40)27-13-10-23(11-14-27)18-22(2)34(31(38)41-32(3,4)5)20-28(35)24-7-6-8-26(33)19-24/h6-17,19,22,28,35H,18,20H2,1-5H3,(H,36,37)/b16-12-/t22-,28-/m1/s1. The Morgan fingerprint density at radius 1 is 1.05 bits per heavy atom. The van der Waals surface area contributed by atoms with Gasteiger partial charge in [-0.1, -0.05) is 53.6 Å². The number of hydrogen-bond donors (Lipinski definition) is 2. The van der Waals surface area contributed by atoms with Gasteiger partial charge in [0.05, 0.1) is 22.4 Å². The molecule has 0 aliphatic heterocycles. The van der Waals surface area contributed by atoms with E-state index in [2.05, 4.69) is 0 Å². The van der Waals surface area contributed by atoms with Gasteiger partial charge in [-0.05, 0) is 94.1 Å². The van der Waals surface area contributed by atoms with E-state index in [9.17, 15) is 23.1 Å². The molecule has 2 N–H and O–H groups in total. The molecule has 0 saturated heterocycles. The number of aliphatic hydroxyl groups is 1. The van der Waals surface area contributed by atoms with Gasteiger partial charge in [-0.3, -0.25) is 0 Å². The highest BCUT2D eigenvalue weighted by Gasteiger charge is 2.29. The van der Waals surface area contributed by atoms with Crippen molar-refractivity contribution in [1.29, 1.82) is 0 Å². The quantitative estimate of drug-likeness (QED) is 0.251. The zero-order valence-electron chi connectivity index (χ0n) is 24.2. The molecule has 10 heteroatoms. The summed E-state index contributed by atoms with van der Waals surface area (Å²) in [5.74, 6) is -1.18. The van der Waals surface area contributed by atoms with Crippen molar-refractivity contribution in [2.45, 2.75) is 68.6 Å². The highest BCUT2D eigenvalue weighted by Crippen LogP contribution is 2.27. The Labute approximate surface area is 252 Å². The Hall–Kier alpha value is -3.66. The molecule has 0 heterocycles. The Morgan fingerprint density at radius 3 is 2.31 bits per heavy atom. The number of rotatable bonds is 10. The van der Waals surface area contributed by atoms with Crippen LogP contribution in [0.4, 0.5) is 4.79 Å². The van der Waals surface area contributed by atoms with Gasteiger partial charge in [-0.15, -0.1) is 0 Å². The summed E-state index contributed by atoms with van der Waals surface area (Å²) in [5, 5.41) is 20.4. The van der Waals surface area contributed by atoms with E-state index in [-0.39, 0.29) is 21.9 Å². The molecule has 3 rings (SSSR count). The summed E-state index contributed by atoms with van der Waals surface area (Å²) < 4.78 is 32.5. The summed E-state index contributed by atoms with van der Waals surface area (Å²) in [4.78, 5) is 25.7. The highest BCUT2D eigenvalue weighted by atomic mass is 35.5. The third-order valence-electron chi connectivity index (χ3n) is 6.39. The number of carbonyl (C=O) groups excluding carboxylic acids is 1. The molecule has 0 bridgehead atoms. The maximum atomic E-state index is 13.5. The molecule has 0 aliphatic carbocycles. The maximum Gasteiger partial charge on any atom is 0.410 e. The lowest BCUT2D eigenvalue weighted by Gasteiger charge is -2.33. The van der Waals surface area contributed by atoms with Crippen molar-refractivity contribution in [3.8, 4) is 0 Å². The van der Waals surface area contributed by atoms with Gasteiger partial charge < -0.3 is 19.8 Å². The van der Waals surface area contributed by atoms with Crippen LogP contribution in [0.5, 0.6) is 0 Å². The van der Waals surface area contributed by atoms with Crippen molar-refractivity contribution < 1.29 is 33.0 Å². The normalized spacial score (nSPS) is 13.5. The minimum atomic E-state index is -3.95. The molecule has 1 amide bonds. The highest BCUT2D eigenvalue weighted by molar-refractivity contribution is 7.91. The molecule has 2 atom stereocenters. The van der Waals surface area contributed by atoms with E-state index in [1.165, 1.54) is 29.2 Å². The number of hydrogen-bond acceptors (Lipinski definition) is 6. The minimum absolute atomic E-state index is 0.00202. The Morgan fingerprint density at radius 2 is 1.71 bits per heavy atom. The van der Waals surface area contributed by atoms with Crippen molar-refractivity contribution in [2.24, 2.45) is 0 Å². The number of benzene rings is 3. The van der Waals surface area contributed by atoms with Crippen LogP contribution in [0.25, 0.3) is 6.08 Å². The topological polar surface area (TPSA) is 121 Å². The van der Waals surface area contributed by atoms with Gasteiger partial charge in [-0.2, -0.15) is 0 Å².